The zero-order valence-corrected chi connectivity index (χ0v) is 14.1. The van der Waals surface area contributed by atoms with Crippen LogP contribution in [-0.2, 0) is 0 Å². The zero-order valence-electron chi connectivity index (χ0n) is 13.4. The Bertz CT molecular complexity index is 950. The summed E-state index contributed by atoms with van der Waals surface area (Å²) in [7, 11) is 0. The number of carbonyl (C=O) groups is 1. The summed E-state index contributed by atoms with van der Waals surface area (Å²) in [5.41, 5.74) is 6.53. The number of carbonyl (C=O) groups excluding carboxylic acids is 1. The van der Waals surface area contributed by atoms with Crippen LogP contribution in [0.3, 0.4) is 0 Å². The number of aromatic nitrogens is 1. The molecule has 0 unspecified atom stereocenters. The highest BCUT2D eigenvalue weighted by Gasteiger charge is 2.11. The standard InChI is InChI=1S/C19H16ClN3O/c1-12-5-3-7-15-10-17(13(2)22-18(12)15)19(24)23-21-11-14-6-4-8-16(20)9-14/h3-11H,1-2H3,(H,23,24). The van der Waals surface area contributed by atoms with Crippen molar-refractivity contribution < 1.29 is 4.79 Å². The van der Waals surface area contributed by atoms with Gasteiger partial charge in [-0.15, -0.1) is 0 Å². The lowest BCUT2D eigenvalue weighted by Crippen LogP contribution is -2.19. The maximum atomic E-state index is 12.4. The normalized spacial score (nSPS) is 11.1. The molecular formula is C19H16ClN3O. The summed E-state index contributed by atoms with van der Waals surface area (Å²) >= 11 is 5.91. The molecule has 2 aromatic carbocycles. The van der Waals surface area contributed by atoms with Crippen LogP contribution in [0, 0.1) is 13.8 Å². The topological polar surface area (TPSA) is 54.4 Å². The number of hydrazone groups is 1. The van der Waals surface area contributed by atoms with Gasteiger partial charge in [-0.1, -0.05) is 41.9 Å². The van der Waals surface area contributed by atoms with Gasteiger partial charge in [0.05, 0.1) is 23.0 Å². The number of nitrogens with one attached hydrogen (secondary N) is 1. The molecule has 5 heteroatoms. The minimum absolute atomic E-state index is 0.290. The zero-order chi connectivity index (χ0) is 17.1. The summed E-state index contributed by atoms with van der Waals surface area (Å²) in [4.78, 5) is 16.9. The van der Waals surface area contributed by atoms with E-state index < -0.39 is 0 Å². The van der Waals surface area contributed by atoms with Crippen LogP contribution in [0.15, 0.2) is 53.6 Å². The highest BCUT2D eigenvalue weighted by atomic mass is 35.5. The van der Waals surface area contributed by atoms with Crippen molar-refractivity contribution in [2.75, 3.05) is 0 Å². The number of rotatable bonds is 3. The molecule has 120 valence electrons. The second-order valence-electron chi connectivity index (χ2n) is 5.52. The summed E-state index contributed by atoms with van der Waals surface area (Å²) < 4.78 is 0. The van der Waals surface area contributed by atoms with E-state index in [4.69, 9.17) is 11.6 Å². The average Bonchev–Trinajstić information content (AvgIpc) is 2.55. The Morgan fingerprint density at radius 2 is 1.96 bits per heavy atom. The highest BCUT2D eigenvalue weighted by molar-refractivity contribution is 6.30. The Morgan fingerprint density at radius 3 is 2.75 bits per heavy atom. The summed E-state index contributed by atoms with van der Waals surface area (Å²) in [6.45, 7) is 3.82. The largest absolute Gasteiger partial charge is 0.273 e. The van der Waals surface area contributed by atoms with Crippen LogP contribution in [0.2, 0.25) is 5.02 Å². The van der Waals surface area contributed by atoms with Gasteiger partial charge in [0, 0.05) is 10.4 Å². The molecule has 0 spiro atoms. The third-order valence-electron chi connectivity index (χ3n) is 3.71. The molecule has 1 amide bonds. The number of benzene rings is 2. The molecule has 0 aliphatic heterocycles. The molecule has 1 aromatic heterocycles. The fraction of sp³-hybridized carbons (Fsp3) is 0.105. The lowest BCUT2D eigenvalue weighted by molar-refractivity contribution is 0.0954. The molecule has 0 radical (unpaired) electrons. The summed E-state index contributed by atoms with van der Waals surface area (Å²) in [6.07, 6.45) is 1.55. The number of nitrogens with zero attached hydrogens (tertiary/aromatic N) is 2. The van der Waals surface area contributed by atoms with Crippen LogP contribution in [0.1, 0.15) is 27.2 Å². The highest BCUT2D eigenvalue weighted by Crippen LogP contribution is 2.19. The molecule has 4 nitrogen and oxygen atoms in total. The molecule has 1 heterocycles. The molecule has 0 fully saturated rings. The number of aryl methyl sites for hydroxylation is 2. The van der Waals surface area contributed by atoms with Crippen molar-refractivity contribution in [1.29, 1.82) is 0 Å². The molecule has 0 aliphatic rings. The smallest absolute Gasteiger partial charge is 0.267 e. The number of halogens is 1. The second kappa shape index (κ2) is 6.81. The van der Waals surface area contributed by atoms with Gasteiger partial charge in [0.25, 0.3) is 5.91 Å². The van der Waals surface area contributed by atoms with Crippen LogP contribution in [-0.4, -0.2) is 17.1 Å². The van der Waals surface area contributed by atoms with Gasteiger partial charge in [0.2, 0.25) is 0 Å². The Balaban J connectivity index is 1.82. The van der Waals surface area contributed by atoms with E-state index in [0.717, 1.165) is 22.0 Å². The van der Waals surface area contributed by atoms with Gasteiger partial charge < -0.3 is 0 Å². The van der Waals surface area contributed by atoms with Gasteiger partial charge >= 0.3 is 0 Å². The van der Waals surface area contributed by atoms with E-state index in [9.17, 15) is 4.79 Å². The van der Waals surface area contributed by atoms with Crippen molar-refractivity contribution >= 4 is 34.6 Å². The Kier molecular flexibility index (Phi) is 4.58. The number of hydrogen-bond acceptors (Lipinski definition) is 3. The molecule has 0 atom stereocenters. The third kappa shape index (κ3) is 3.44. The second-order valence-corrected chi connectivity index (χ2v) is 5.96. The summed E-state index contributed by atoms with van der Waals surface area (Å²) in [5, 5.41) is 5.54. The fourth-order valence-corrected chi connectivity index (χ4v) is 2.68. The lowest BCUT2D eigenvalue weighted by atomic mass is 10.1. The first-order chi connectivity index (χ1) is 11.5. The number of amides is 1. The Hall–Kier alpha value is -2.72. The van der Waals surface area contributed by atoms with E-state index in [0.29, 0.717) is 16.3 Å². The van der Waals surface area contributed by atoms with Crippen molar-refractivity contribution in [1.82, 2.24) is 10.4 Å². The van der Waals surface area contributed by atoms with Gasteiger partial charge in [-0.05, 0) is 43.2 Å². The minimum Gasteiger partial charge on any atom is -0.267 e. The summed E-state index contributed by atoms with van der Waals surface area (Å²) in [6, 6.07) is 15.0. The number of para-hydroxylation sites is 1. The van der Waals surface area contributed by atoms with Crippen LogP contribution in [0.5, 0.6) is 0 Å². The predicted octanol–water partition coefficient (Wildman–Crippen LogP) is 4.27. The van der Waals surface area contributed by atoms with Gasteiger partial charge in [-0.3, -0.25) is 9.78 Å². The third-order valence-corrected chi connectivity index (χ3v) is 3.95. The van der Waals surface area contributed by atoms with Crippen molar-refractivity contribution in [2.45, 2.75) is 13.8 Å². The monoisotopic (exact) mass is 337 g/mol. The van der Waals surface area contributed by atoms with Crippen molar-refractivity contribution in [3.8, 4) is 0 Å². The fourth-order valence-electron chi connectivity index (χ4n) is 2.48. The van der Waals surface area contributed by atoms with E-state index in [1.54, 1.807) is 18.3 Å². The number of hydrogen-bond donors (Lipinski definition) is 1. The van der Waals surface area contributed by atoms with Crippen LogP contribution >= 0.6 is 11.6 Å². The van der Waals surface area contributed by atoms with Gasteiger partial charge in [0.1, 0.15) is 0 Å². The first-order valence-electron chi connectivity index (χ1n) is 7.50. The van der Waals surface area contributed by atoms with Crippen LogP contribution in [0.4, 0.5) is 0 Å². The van der Waals surface area contributed by atoms with E-state index in [1.807, 2.05) is 50.2 Å². The summed E-state index contributed by atoms with van der Waals surface area (Å²) in [5.74, 6) is -0.290. The molecule has 3 aromatic rings. The van der Waals surface area contributed by atoms with E-state index in [-0.39, 0.29) is 5.91 Å². The van der Waals surface area contributed by atoms with E-state index in [2.05, 4.69) is 15.5 Å². The SMILES string of the molecule is Cc1nc2c(C)cccc2cc1C(=O)NN=Cc1cccc(Cl)c1. The maximum Gasteiger partial charge on any atom is 0.273 e. The number of fused-ring (bicyclic) bond motifs is 1. The molecule has 24 heavy (non-hydrogen) atoms. The Morgan fingerprint density at radius 1 is 1.17 bits per heavy atom. The molecule has 0 aliphatic carbocycles. The van der Waals surface area contributed by atoms with Gasteiger partial charge in [-0.2, -0.15) is 5.10 Å². The lowest BCUT2D eigenvalue weighted by Gasteiger charge is -2.07. The molecule has 3 rings (SSSR count). The van der Waals surface area contributed by atoms with Crippen LogP contribution in [0.25, 0.3) is 10.9 Å². The van der Waals surface area contributed by atoms with Gasteiger partial charge in [-0.25, -0.2) is 5.43 Å². The molecular weight excluding hydrogens is 322 g/mol. The molecule has 0 saturated carbocycles. The van der Waals surface area contributed by atoms with E-state index >= 15 is 0 Å². The number of pyridine rings is 1. The van der Waals surface area contributed by atoms with Crippen molar-refractivity contribution in [3.63, 3.8) is 0 Å². The molecule has 0 saturated heterocycles. The minimum atomic E-state index is -0.290. The van der Waals surface area contributed by atoms with Crippen molar-refractivity contribution in [2.24, 2.45) is 5.10 Å². The molecule has 1 N–H and O–H groups in total. The van der Waals surface area contributed by atoms with Crippen molar-refractivity contribution in [3.05, 3.63) is 75.9 Å². The quantitative estimate of drug-likeness (QED) is 0.573. The first-order valence-corrected chi connectivity index (χ1v) is 7.88. The first kappa shape index (κ1) is 16.1. The predicted molar refractivity (Wildman–Crippen MR) is 97.7 cm³/mol. The Labute approximate surface area is 145 Å². The van der Waals surface area contributed by atoms with Crippen LogP contribution < -0.4 is 5.43 Å². The van der Waals surface area contributed by atoms with E-state index in [1.165, 1.54) is 0 Å². The molecule has 0 bridgehead atoms. The average molecular weight is 338 g/mol. The maximum absolute atomic E-state index is 12.4. The van der Waals surface area contributed by atoms with Gasteiger partial charge in [0.15, 0.2) is 0 Å².